The van der Waals surface area contributed by atoms with Crippen LogP contribution in [0, 0.1) is 10.1 Å². The number of nitro groups is 1. The van der Waals surface area contributed by atoms with Crippen molar-refractivity contribution in [2.45, 2.75) is 0 Å². The number of aromatic nitrogens is 2. The Hall–Kier alpha value is -2.95. The van der Waals surface area contributed by atoms with Gasteiger partial charge in [0.1, 0.15) is 0 Å². The lowest BCUT2D eigenvalue weighted by atomic mass is 10.1. The number of nitrogens with zero attached hydrogens (tertiary/aromatic N) is 3. The van der Waals surface area contributed by atoms with Crippen molar-refractivity contribution in [3.63, 3.8) is 0 Å². The highest BCUT2D eigenvalue weighted by Crippen LogP contribution is 2.21. The predicted molar refractivity (Wildman–Crippen MR) is 75.7 cm³/mol. The Bertz CT molecular complexity index is 733. The lowest BCUT2D eigenvalue weighted by molar-refractivity contribution is -0.384. The van der Waals surface area contributed by atoms with Crippen molar-refractivity contribution >= 4 is 5.69 Å². The highest BCUT2D eigenvalue weighted by Gasteiger charge is 2.07. The van der Waals surface area contributed by atoms with Gasteiger partial charge in [-0.15, -0.1) is 0 Å². The Morgan fingerprint density at radius 3 is 2.30 bits per heavy atom. The zero-order valence-electron chi connectivity index (χ0n) is 10.5. The maximum absolute atomic E-state index is 10.6. The van der Waals surface area contributed by atoms with Crippen molar-refractivity contribution in [3.05, 3.63) is 77.0 Å². The molecule has 1 aromatic heterocycles. The molecule has 0 unspecified atom stereocenters. The number of para-hydroxylation sites is 1. The molecule has 0 aliphatic carbocycles. The molecule has 1 heterocycles. The fourth-order valence-corrected chi connectivity index (χ4v) is 1.96. The maximum atomic E-state index is 10.6. The van der Waals surface area contributed by atoms with Crippen LogP contribution in [0.1, 0.15) is 0 Å². The van der Waals surface area contributed by atoms with Crippen LogP contribution in [0.5, 0.6) is 0 Å². The number of benzene rings is 2. The van der Waals surface area contributed by atoms with Gasteiger partial charge in [0.15, 0.2) is 0 Å². The Morgan fingerprint density at radius 1 is 0.950 bits per heavy atom. The second-order valence-electron chi connectivity index (χ2n) is 4.29. The molecule has 0 saturated carbocycles. The van der Waals surface area contributed by atoms with E-state index in [9.17, 15) is 10.1 Å². The SMILES string of the molecule is O=[N+]([O-])c1ccc(-c2ccn(-c3ccccc3)n2)cc1. The van der Waals surface area contributed by atoms with Crippen molar-refractivity contribution in [1.29, 1.82) is 0 Å². The van der Waals surface area contributed by atoms with E-state index in [-0.39, 0.29) is 5.69 Å². The van der Waals surface area contributed by atoms with Crippen LogP contribution >= 0.6 is 0 Å². The van der Waals surface area contributed by atoms with Gasteiger partial charge < -0.3 is 0 Å². The number of hydrogen-bond donors (Lipinski definition) is 0. The van der Waals surface area contributed by atoms with Gasteiger partial charge in [-0.25, -0.2) is 4.68 Å². The molecule has 0 fully saturated rings. The predicted octanol–water partition coefficient (Wildman–Crippen LogP) is 3.45. The third kappa shape index (κ3) is 2.29. The van der Waals surface area contributed by atoms with E-state index in [0.717, 1.165) is 16.9 Å². The van der Waals surface area contributed by atoms with Crippen LogP contribution in [0.15, 0.2) is 66.9 Å². The average Bonchev–Trinajstić information content (AvgIpc) is 2.98. The van der Waals surface area contributed by atoms with Gasteiger partial charge in [-0.2, -0.15) is 5.10 Å². The van der Waals surface area contributed by atoms with Crippen molar-refractivity contribution in [2.75, 3.05) is 0 Å². The minimum Gasteiger partial charge on any atom is -0.258 e. The largest absolute Gasteiger partial charge is 0.269 e. The summed E-state index contributed by atoms with van der Waals surface area (Å²) in [5, 5.41) is 15.1. The number of non-ortho nitro benzene ring substituents is 1. The molecule has 0 aliphatic heterocycles. The molecule has 0 aliphatic rings. The topological polar surface area (TPSA) is 61.0 Å². The molecule has 2 aromatic carbocycles. The van der Waals surface area contributed by atoms with E-state index >= 15 is 0 Å². The molecule has 0 N–H and O–H groups in total. The third-order valence-electron chi connectivity index (χ3n) is 2.98. The van der Waals surface area contributed by atoms with Gasteiger partial charge in [0, 0.05) is 23.9 Å². The standard InChI is InChI=1S/C15H11N3O2/c19-18(20)14-8-6-12(7-9-14)15-10-11-17(16-15)13-4-2-1-3-5-13/h1-11H. The van der Waals surface area contributed by atoms with Gasteiger partial charge >= 0.3 is 0 Å². The van der Waals surface area contributed by atoms with Crippen LogP contribution in [0.2, 0.25) is 0 Å². The van der Waals surface area contributed by atoms with Crippen LogP contribution in [-0.2, 0) is 0 Å². The van der Waals surface area contributed by atoms with Gasteiger partial charge in [-0.1, -0.05) is 18.2 Å². The second-order valence-corrected chi connectivity index (χ2v) is 4.29. The minimum absolute atomic E-state index is 0.0799. The summed E-state index contributed by atoms with van der Waals surface area (Å²) < 4.78 is 1.77. The quantitative estimate of drug-likeness (QED) is 0.538. The summed E-state index contributed by atoms with van der Waals surface area (Å²) in [5.74, 6) is 0. The van der Waals surface area contributed by atoms with Gasteiger partial charge in [-0.05, 0) is 30.3 Å². The van der Waals surface area contributed by atoms with Crippen LogP contribution in [-0.4, -0.2) is 14.7 Å². The van der Waals surface area contributed by atoms with Crippen LogP contribution in [0.3, 0.4) is 0 Å². The molecule has 0 amide bonds. The zero-order chi connectivity index (χ0) is 13.9. The molecule has 5 nitrogen and oxygen atoms in total. The molecule has 0 saturated heterocycles. The van der Waals surface area contributed by atoms with E-state index in [2.05, 4.69) is 5.10 Å². The summed E-state index contributed by atoms with van der Waals surface area (Å²) in [7, 11) is 0. The molecule has 98 valence electrons. The summed E-state index contributed by atoms with van der Waals surface area (Å²) >= 11 is 0. The Labute approximate surface area is 115 Å². The fraction of sp³-hybridized carbons (Fsp3) is 0. The summed E-state index contributed by atoms with van der Waals surface area (Å²) in [6, 6.07) is 18.0. The van der Waals surface area contributed by atoms with E-state index in [1.807, 2.05) is 42.6 Å². The van der Waals surface area contributed by atoms with Crippen LogP contribution in [0.25, 0.3) is 16.9 Å². The minimum atomic E-state index is -0.410. The maximum Gasteiger partial charge on any atom is 0.269 e. The van der Waals surface area contributed by atoms with E-state index in [0.29, 0.717) is 0 Å². The zero-order valence-corrected chi connectivity index (χ0v) is 10.5. The lowest BCUT2D eigenvalue weighted by Gasteiger charge is -2.00. The summed E-state index contributed by atoms with van der Waals surface area (Å²) in [6.07, 6.45) is 1.87. The monoisotopic (exact) mass is 265 g/mol. The van der Waals surface area contributed by atoms with Crippen molar-refractivity contribution in [3.8, 4) is 16.9 Å². The Balaban J connectivity index is 1.92. The van der Waals surface area contributed by atoms with Crippen LogP contribution < -0.4 is 0 Å². The molecular formula is C15H11N3O2. The molecule has 0 spiro atoms. The highest BCUT2D eigenvalue weighted by molar-refractivity contribution is 5.60. The Morgan fingerprint density at radius 2 is 1.65 bits per heavy atom. The molecule has 0 bridgehead atoms. The number of hydrogen-bond acceptors (Lipinski definition) is 3. The lowest BCUT2D eigenvalue weighted by Crippen LogP contribution is -1.94. The smallest absolute Gasteiger partial charge is 0.258 e. The summed E-state index contributed by atoms with van der Waals surface area (Å²) in [6.45, 7) is 0. The van der Waals surface area contributed by atoms with E-state index in [1.54, 1.807) is 16.8 Å². The fourth-order valence-electron chi connectivity index (χ4n) is 1.96. The molecule has 3 rings (SSSR count). The molecule has 5 heteroatoms. The first-order valence-electron chi connectivity index (χ1n) is 6.10. The van der Waals surface area contributed by atoms with Crippen molar-refractivity contribution < 1.29 is 4.92 Å². The van der Waals surface area contributed by atoms with E-state index in [4.69, 9.17) is 0 Å². The number of rotatable bonds is 3. The van der Waals surface area contributed by atoms with E-state index in [1.165, 1.54) is 12.1 Å². The van der Waals surface area contributed by atoms with E-state index < -0.39 is 4.92 Å². The summed E-state index contributed by atoms with van der Waals surface area (Å²) in [5.41, 5.74) is 2.69. The van der Waals surface area contributed by atoms with Gasteiger partial charge in [0.2, 0.25) is 0 Å². The van der Waals surface area contributed by atoms with Gasteiger partial charge in [-0.3, -0.25) is 10.1 Å². The van der Waals surface area contributed by atoms with Crippen LogP contribution in [0.4, 0.5) is 5.69 Å². The molecule has 0 radical (unpaired) electrons. The first-order valence-corrected chi connectivity index (χ1v) is 6.10. The van der Waals surface area contributed by atoms with Crippen molar-refractivity contribution in [2.24, 2.45) is 0 Å². The van der Waals surface area contributed by atoms with Gasteiger partial charge in [0.05, 0.1) is 16.3 Å². The van der Waals surface area contributed by atoms with Gasteiger partial charge in [0.25, 0.3) is 5.69 Å². The Kier molecular flexibility index (Phi) is 3.01. The third-order valence-corrected chi connectivity index (χ3v) is 2.98. The number of nitro benzene ring substituents is 1. The first kappa shape index (κ1) is 12.1. The second kappa shape index (κ2) is 4.97. The molecular weight excluding hydrogens is 254 g/mol. The molecule has 3 aromatic rings. The molecule has 20 heavy (non-hydrogen) atoms. The first-order chi connectivity index (χ1) is 9.74. The normalized spacial score (nSPS) is 10.4. The van der Waals surface area contributed by atoms with Crippen molar-refractivity contribution in [1.82, 2.24) is 9.78 Å². The average molecular weight is 265 g/mol. The molecule has 0 atom stereocenters. The summed E-state index contributed by atoms with van der Waals surface area (Å²) in [4.78, 5) is 10.2. The highest BCUT2D eigenvalue weighted by atomic mass is 16.6.